The zero-order chi connectivity index (χ0) is 14.6. The molecule has 1 aromatic carbocycles. The van der Waals surface area contributed by atoms with Crippen LogP contribution in [0.3, 0.4) is 0 Å². The van der Waals surface area contributed by atoms with Gasteiger partial charge in [0.05, 0.1) is 4.90 Å². The first-order valence-electron chi connectivity index (χ1n) is 7.32. The van der Waals surface area contributed by atoms with Crippen LogP contribution in [0.4, 0.5) is 0 Å². The summed E-state index contributed by atoms with van der Waals surface area (Å²) in [5, 5.41) is 0. The molecule has 1 aliphatic carbocycles. The van der Waals surface area contributed by atoms with E-state index in [1.165, 1.54) is 19.3 Å². The topological polar surface area (TPSA) is 72.2 Å². The highest BCUT2D eigenvalue weighted by atomic mass is 32.2. The van der Waals surface area contributed by atoms with Gasteiger partial charge in [-0.3, -0.25) is 0 Å². The van der Waals surface area contributed by atoms with E-state index in [9.17, 15) is 8.42 Å². The minimum absolute atomic E-state index is 0.152. The van der Waals surface area contributed by atoms with Gasteiger partial charge in [0.15, 0.2) is 0 Å². The first-order valence-corrected chi connectivity index (χ1v) is 8.80. The fraction of sp³-hybridized carbons (Fsp3) is 0.600. The second-order valence-corrected chi connectivity index (χ2v) is 7.39. The molecule has 1 fully saturated rings. The van der Waals surface area contributed by atoms with Crippen molar-refractivity contribution >= 4 is 10.0 Å². The van der Waals surface area contributed by atoms with Gasteiger partial charge < -0.3 is 5.73 Å². The van der Waals surface area contributed by atoms with Gasteiger partial charge in [0.2, 0.25) is 10.0 Å². The lowest BCUT2D eigenvalue weighted by Crippen LogP contribution is -2.45. The van der Waals surface area contributed by atoms with Crippen molar-refractivity contribution in [2.24, 2.45) is 11.7 Å². The van der Waals surface area contributed by atoms with Gasteiger partial charge in [-0.15, -0.1) is 0 Å². The van der Waals surface area contributed by atoms with Crippen LogP contribution in [0.2, 0.25) is 0 Å². The largest absolute Gasteiger partial charge is 0.329 e. The van der Waals surface area contributed by atoms with E-state index in [0.717, 1.165) is 18.4 Å². The second kappa shape index (κ2) is 6.70. The molecule has 0 aliphatic heterocycles. The predicted molar refractivity (Wildman–Crippen MR) is 80.9 cm³/mol. The van der Waals surface area contributed by atoms with Crippen LogP contribution in [0, 0.1) is 12.8 Å². The summed E-state index contributed by atoms with van der Waals surface area (Å²) in [6, 6.07) is 6.82. The Kier molecular flexibility index (Phi) is 5.18. The molecule has 2 rings (SSSR count). The zero-order valence-corrected chi connectivity index (χ0v) is 12.8. The van der Waals surface area contributed by atoms with Crippen molar-refractivity contribution in [1.82, 2.24) is 4.72 Å². The molecule has 20 heavy (non-hydrogen) atoms. The SMILES string of the molecule is Cc1cccc(S(=O)(=O)NC(CN)C2CCCCC2)c1. The van der Waals surface area contributed by atoms with Crippen LogP contribution in [0.5, 0.6) is 0 Å². The van der Waals surface area contributed by atoms with Crippen molar-refractivity contribution < 1.29 is 8.42 Å². The van der Waals surface area contributed by atoms with Crippen LogP contribution in [-0.2, 0) is 10.0 Å². The van der Waals surface area contributed by atoms with E-state index in [4.69, 9.17) is 5.73 Å². The number of hydrogen-bond donors (Lipinski definition) is 2. The molecule has 1 unspecified atom stereocenters. The van der Waals surface area contributed by atoms with Crippen LogP contribution >= 0.6 is 0 Å². The Bertz CT molecular complexity index is 537. The van der Waals surface area contributed by atoms with E-state index in [0.29, 0.717) is 17.4 Å². The van der Waals surface area contributed by atoms with E-state index >= 15 is 0 Å². The minimum atomic E-state index is -3.47. The van der Waals surface area contributed by atoms with Crippen LogP contribution in [0.25, 0.3) is 0 Å². The van der Waals surface area contributed by atoms with Crippen LogP contribution in [0.1, 0.15) is 37.7 Å². The summed E-state index contributed by atoms with van der Waals surface area (Å²) >= 11 is 0. The normalized spacial score (nSPS) is 18.9. The minimum Gasteiger partial charge on any atom is -0.329 e. The average Bonchev–Trinajstić information content (AvgIpc) is 2.46. The predicted octanol–water partition coefficient (Wildman–Crippen LogP) is 2.18. The molecule has 3 N–H and O–H groups in total. The number of benzene rings is 1. The lowest BCUT2D eigenvalue weighted by molar-refractivity contribution is 0.294. The number of sulfonamides is 1. The summed E-state index contributed by atoms with van der Waals surface area (Å²) in [7, 11) is -3.47. The van der Waals surface area contributed by atoms with Gasteiger partial charge >= 0.3 is 0 Å². The van der Waals surface area contributed by atoms with Crippen LogP contribution < -0.4 is 10.5 Å². The van der Waals surface area contributed by atoms with Gasteiger partial charge in [-0.2, -0.15) is 0 Å². The maximum absolute atomic E-state index is 12.4. The first-order chi connectivity index (χ1) is 9.53. The van der Waals surface area contributed by atoms with E-state index in [2.05, 4.69) is 4.72 Å². The molecule has 0 bridgehead atoms. The summed E-state index contributed by atoms with van der Waals surface area (Å²) in [5.74, 6) is 0.369. The van der Waals surface area contributed by atoms with Crippen molar-refractivity contribution in [3.8, 4) is 0 Å². The molecule has 0 spiro atoms. The fourth-order valence-electron chi connectivity index (χ4n) is 2.92. The van der Waals surface area contributed by atoms with E-state index in [1.54, 1.807) is 18.2 Å². The van der Waals surface area contributed by atoms with Crippen molar-refractivity contribution in [2.45, 2.75) is 50.0 Å². The van der Waals surface area contributed by atoms with Gasteiger partial charge in [-0.05, 0) is 43.4 Å². The highest BCUT2D eigenvalue weighted by molar-refractivity contribution is 7.89. The van der Waals surface area contributed by atoms with Crippen LogP contribution in [0.15, 0.2) is 29.2 Å². The molecule has 0 aromatic heterocycles. The van der Waals surface area contributed by atoms with Gasteiger partial charge in [0.25, 0.3) is 0 Å². The third kappa shape index (κ3) is 3.81. The zero-order valence-electron chi connectivity index (χ0n) is 12.0. The molecule has 0 saturated heterocycles. The quantitative estimate of drug-likeness (QED) is 0.875. The monoisotopic (exact) mass is 296 g/mol. The maximum atomic E-state index is 12.4. The Balaban J connectivity index is 2.13. The van der Waals surface area contributed by atoms with E-state index < -0.39 is 10.0 Å². The second-order valence-electron chi connectivity index (χ2n) is 5.68. The van der Waals surface area contributed by atoms with E-state index in [1.807, 2.05) is 13.0 Å². The highest BCUT2D eigenvalue weighted by Gasteiger charge is 2.27. The number of hydrogen-bond acceptors (Lipinski definition) is 3. The fourth-order valence-corrected chi connectivity index (χ4v) is 4.35. The molecule has 0 radical (unpaired) electrons. The standard InChI is InChI=1S/C15H24N2O2S/c1-12-6-5-9-14(10-12)20(18,19)17-15(11-16)13-7-3-2-4-8-13/h5-6,9-10,13,15,17H,2-4,7-8,11,16H2,1H3. The number of nitrogens with two attached hydrogens (primary N) is 1. The molecule has 1 aromatic rings. The van der Waals surface area contributed by atoms with Gasteiger partial charge in [0, 0.05) is 12.6 Å². The molecule has 4 nitrogen and oxygen atoms in total. The van der Waals surface area contributed by atoms with E-state index in [-0.39, 0.29) is 6.04 Å². The van der Waals surface area contributed by atoms with Gasteiger partial charge in [-0.1, -0.05) is 31.4 Å². The third-order valence-corrected chi connectivity index (χ3v) is 5.57. The number of nitrogens with one attached hydrogen (secondary N) is 1. The number of rotatable bonds is 5. The molecule has 0 amide bonds. The van der Waals surface area contributed by atoms with Gasteiger partial charge in [-0.25, -0.2) is 13.1 Å². The summed E-state index contributed by atoms with van der Waals surface area (Å²) in [4.78, 5) is 0.326. The number of aryl methyl sites for hydroxylation is 1. The molecule has 0 heterocycles. The van der Waals surface area contributed by atoms with Crippen molar-refractivity contribution in [3.63, 3.8) is 0 Å². The summed E-state index contributed by atoms with van der Waals surface area (Å²) in [5.41, 5.74) is 6.73. The summed E-state index contributed by atoms with van der Waals surface area (Å²) in [6.07, 6.45) is 5.73. The Morgan fingerprint density at radius 3 is 2.60 bits per heavy atom. The molecule has 1 saturated carbocycles. The van der Waals surface area contributed by atoms with Gasteiger partial charge in [0.1, 0.15) is 0 Å². The molecular weight excluding hydrogens is 272 g/mol. The molecular formula is C15H24N2O2S. The average molecular weight is 296 g/mol. The summed E-state index contributed by atoms with van der Waals surface area (Å²) < 4.78 is 27.7. The lowest BCUT2D eigenvalue weighted by Gasteiger charge is -2.29. The maximum Gasteiger partial charge on any atom is 0.240 e. The van der Waals surface area contributed by atoms with Crippen molar-refractivity contribution in [3.05, 3.63) is 29.8 Å². The summed E-state index contributed by atoms with van der Waals surface area (Å²) in [6.45, 7) is 2.25. The van der Waals surface area contributed by atoms with Crippen LogP contribution in [-0.4, -0.2) is 21.0 Å². The third-order valence-electron chi connectivity index (χ3n) is 4.08. The highest BCUT2D eigenvalue weighted by Crippen LogP contribution is 2.27. The smallest absolute Gasteiger partial charge is 0.240 e. The Hall–Kier alpha value is -0.910. The molecule has 5 heteroatoms. The Labute approximate surface area is 121 Å². The molecule has 112 valence electrons. The Morgan fingerprint density at radius 2 is 2.00 bits per heavy atom. The van der Waals surface area contributed by atoms with Crippen molar-refractivity contribution in [1.29, 1.82) is 0 Å². The first kappa shape index (κ1) is 15.5. The lowest BCUT2D eigenvalue weighted by atomic mass is 9.84. The molecule has 1 aliphatic rings. The molecule has 1 atom stereocenters. The van der Waals surface area contributed by atoms with Crippen molar-refractivity contribution in [2.75, 3.05) is 6.54 Å². The Morgan fingerprint density at radius 1 is 1.30 bits per heavy atom.